The highest BCUT2D eigenvalue weighted by molar-refractivity contribution is 7.90. The van der Waals surface area contributed by atoms with Crippen molar-refractivity contribution in [3.63, 3.8) is 0 Å². The number of amides is 2. The molecule has 3 rings (SSSR count). The lowest BCUT2D eigenvalue weighted by molar-refractivity contribution is -0.123. The number of hydrogen-bond donors (Lipinski definition) is 2. The molecule has 1 aliphatic rings. The van der Waals surface area contributed by atoms with E-state index in [9.17, 15) is 18.0 Å². The van der Waals surface area contributed by atoms with Crippen LogP contribution in [0, 0.1) is 0 Å². The molecule has 34 heavy (non-hydrogen) atoms. The zero-order valence-corrected chi connectivity index (χ0v) is 21.6. The molecule has 0 bridgehead atoms. The largest absolute Gasteiger partial charge is 0.350 e. The molecule has 2 aromatic carbocycles. The van der Waals surface area contributed by atoms with Gasteiger partial charge in [0.25, 0.3) is 5.91 Å². The van der Waals surface area contributed by atoms with Crippen LogP contribution in [0.15, 0.2) is 42.5 Å². The Morgan fingerprint density at radius 3 is 2.56 bits per heavy atom. The quantitative estimate of drug-likeness (QED) is 0.501. The average Bonchev–Trinajstić information content (AvgIpc) is 3.18. The summed E-state index contributed by atoms with van der Waals surface area (Å²) >= 11 is 18.0. The second-order valence-electron chi connectivity index (χ2n) is 8.43. The number of hydrogen-bond acceptors (Lipinski definition) is 5. The number of nitrogens with one attached hydrogen (secondary N) is 2. The number of halogens is 3. The van der Waals surface area contributed by atoms with Gasteiger partial charge in [-0.1, -0.05) is 46.9 Å². The van der Waals surface area contributed by atoms with Crippen LogP contribution in [0.5, 0.6) is 0 Å². The Kier molecular flexibility index (Phi) is 9.23. The number of rotatable bonds is 9. The van der Waals surface area contributed by atoms with Gasteiger partial charge in [-0.2, -0.15) is 0 Å². The first kappa shape index (κ1) is 26.8. The standard InChI is InChI=1S/C23H26Cl3N3O4S/c1-34(32,33)10-8-21(28-22(30)16-5-6-19(25)20(26)12-16)23(31)27-18-7-9-29(14-18)13-15-3-2-4-17(24)11-15/h2-6,11-12,18,21H,7-10,13-14H2,1H3,(H,27,31)(H,28,30)/t18-,21+/m1/s1. The van der Waals surface area contributed by atoms with E-state index in [4.69, 9.17) is 34.8 Å². The average molecular weight is 547 g/mol. The Morgan fingerprint density at radius 1 is 1.12 bits per heavy atom. The lowest BCUT2D eigenvalue weighted by Gasteiger charge is -2.22. The summed E-state index contributed by atoms with van der Waals surface area (Å²) in [6.07, 6.45) is 1.79. The molecule has 1 fully saturated rings. The summed E-state index contributed by atoms with van der Waals surface area (Å²) in [6, 6.07) is 10.9. The molecule has 0 aliphatic carbocycles. The smallest absolute Gasteiger partial charge is 0.251 e. The van der Waals surface area contributed by atoms with Gasteiger partial charge in [0.1, 0.15) is 15.9 Å². The second kappa shape index (κ2) is 11.7. The van der Waals surface area contributed by atoms with E-state index in [2.05, 4.69) is 15.5 Å². The number of benzene rings is 2. The topological polar surface area (TPSA) is 95.6 Å². The Balaban J connectivity index is 1.62. The van der Waals surface area contributed by atoms with Gasteiger partial charge in [0, 0.05) is 42.5 Å². The van der Waals surface area contributed by atoms with E-state index in [1.165, 1.54) is 18.2 Å². The molecule has 7 nitrogen and oxygen atoms in total. The monoisotopic (exact) mass is 545 g/mol. The molecule has 0 spiro atoms. The maximum atomic E-state index is 13.0. The summed E-state index contributed by atoms with van der Waals surface area (Å²) in [5.74, 6) is -1.20. The van der Waals surface area contributed by atoms with Crippen LogP contribution < -0.4 is 10.6 Å². The van der Waals surface area contributed by atoms with E-state index < -0.39 is 27.7 Å². The number of nitrogens with zero attached hydrogens (tertiary/aromatic N) is 1. The number of carbonyl (C=O) groups excluding carboxylic acids is 2. The fourth-order valence-corrected chi connectivity index (χ4v) is 4.94. The van der Waals surface area contributed by atoms with E-state index in [0.29, 0.717) is 23.1 Å². The summed E-state index contributed by atoms with van der Waals surface area (Å²) in [5, 5.41) is 6.77. The van der Waals surface area contributed by atoms with Crippen LogP contribution in [-0.4, -0.2) is 62.3 Å². The molecule has 2 N–H and O–H groups in total. The lowest BCUT2D eigenvalue weighted by Crippen LogP contribution is -2.50. The first-order chi connectivity index (χ1) is 16.0. The third-order valence-corrected chi connectivity index (χ3v) is 7.45. The van der Waals surface area contributed by atoms with Crippen molar-refractivity contribution in [3.8, 4) is 0 Å². The third kappa shape index (κ3) is 8.13. The first-order valence-corrected chi connectivity index (χ1v) is 13.9. The minimum absolute atomic E-state index is 0.0450. The fraction of sp³-hybridized carbons (Fsp3) is 0.391. The molecule has 2 atom stereocenters. The van der Waals surface area contributed by atoms with E-state index in [0.717, 1.165) is 24.8 Å². The Labute approximate surface area is 214 Å². The van der Waals surface area contributed by atoms with Gasteiger partial charge in [0.05, 0.1) is 15.8 Å². The molecule has 11 heteroatoms. The third-order valence-electron chi connectivity index (χ3n) is 5.49. The Bertz CT molecular complexity index is 1160. The van der Waals surface area contributed by atoms with Crippen LogP contribution in [0.1, 0.15) is 28.8 Å². The van der Waals surface area contributed by atoms with Gasteiger partial charge in [0.15, 0.2) is 0 Å². The molecule has 2 aromatic rings. The van der Waals surface area contributed by atoms with E-state index in [1.54, 1.807) is 0 Å². The maximum absolute atomic E-state index is 13.0. The SMILES string of the molecule is CS(=O)(=O)CC[C@H](NC(=O)c1ccc(Cl)c(Cl)c1)C(=O)N[C@@H]1CCN(Cc2cccc(Cl)c2)C1. The summed E-state index contributed by atoms with van der Waals surface area (Å²) in [7, 11) is -3.33. The molecule has 2 amide bonds. The second-order valence-corrected chi connectivity index (χ2v) is 11.9. The van der Waals surface area contributed by atoms with Crippen LogP contribution in [-0.2, 0) is 21.2 Å². The number of sulfone groups is 1. The Hall–Kier alpha value is -1.84. The van der Waals surface area contributed by atoms with Gasteiger partial charge in [-0.25, -0.2) is 8.42 Å². The van der Waals surface area contributed by atoms with Gasteiger partial charge >= 0.3 is 0 Å². The van der Waals surface area contributed by atoms with Crippen molar-refractivity contribution >= 4 is 56.5 Å². The highest BCUT2D eigenvalue weighted by Crippen LogP contribution is 2.23. The van der Waals surface area contributed by atoms with E-state index in [1.807, 2.05) is 24.3 Å². The zero-order chi connectivity index (χ0) is 24.9. The maximum Gasteiger partial charge on any atom is 0.251 e. The van der Waals surface area contributed by atoms with Crippen LogP contribution in [0.2, 0.25) is 15.1 Å². The summed E-state index contributed by atoms with van der Waals surface area (Å²) in [4.78, 5) is 27.9. The van der Waals surface area contributed by atoms with Crippen molar-refractivity contribution in [3.05, 3.63) is 68.7 Å². The number of likely N-dealkylation sites (tertiary alicyclic amines) is 1. The molecule has 0 saturated carbocycles. The van der Waals surface area contributed by atoms with Crippen molar-refractivity contribution < 1.29 is 18.0 Å². The molecule has 0 unspecified atom stereocenters. The normalized spacial score (nSPS) is 17.4. The minimum atomic E-state index is -3.33. The molecule has 1 saturated heterocycles. The van der Waals surface area contributed by atoms with Crippen LogP contribution in [0.4, 0.5) is 0 Å². The summed E-state index contributed by atoms with van der Waals surface area (Å²) < 4.78 is 23.4. The molecule has 0 radical (unpaired) electrons. The van der Waals surface area contributed by atoms with Crippen molar-refractivity contribution in [1.82, 2.24) is 15.5 Å². The predicted molar refractivity (Wildman–Crippen MR) is 135 cm³/mol. The highest BCUT2D eigenvalue weighted by atomic mass is 35.5. The zero-order valence-electron chi connectivity index (χ0n) is 18.6. The van der Waals surface area contributed by atoms with Crippen LogP contribution in [0.25, 0.3) is 0 Å². The van der Waals surface area contributed by atoms with Crippen molar-refractivity contribution in [1.29, 1.82) is 0 Å². The van der Waals surface area contributed by atoms with Crippen molar-refractivity contribution in [2.24, 2.45) is 0 Å². The van der Waals surface area contributed by atoms with Crippen LogP contribution >= 0.6 is 34.8 Å². The van der Waals surface area contributed by atoms with Gasteiger partial charge in [-0.15, -0.1) is 0 Å². The van der Waals surface area contributed by atoms with Gasteiger partial charge in [0.2, 0.25) is 5.91 Å². The van der Waals surface area contributed by atoms with E-state index in [-0.39, 0.29) is 28.8 Å². The van der Waals surface area contributed by atoms with Gasteiger partial charge in [-0.05, 0) is 48.7 Å². The van der Waals surface area contributed by atoms with Gasteiger partial charge < -0.3 is 10.6 Å². The summed E-state index contributed by atoms with van der Waals surface area (Å²) in [5.41, 5.74) is 1.31. The molecule has 184 valence electrons. The van der Waals surface area contributed by atoms with Crippen LogP contribution in [0.3, 0.4) is 0 Å². The molecule has 1 aliphatic heterocycles. The molecular formula is C23H26Cl3N3O4S. The predicted octanol–water partition coefficient (Wildman–Crippen LogP) is 3.57. The Morgan fingerprint density at radius 2 is 1.88 bits per heavy atom. The van der Waals surface area contributed by atoms with E-state index >= 15 is 0 Å². The summed E-state index contributed by atoms with van der Waals surface area (Å²) in [6.45, 7) is 2.14. The van der Waals surface area contributed by atoms with Crippen molar-refractivity contribution in [2.75, 3.05) is 25.1 Å². The lowest BCUT2D eigenvalue weighted by atomic mass is 10.1. The minimum Gasteiger partial charge on any atom is -0.350 e. The van der Waals surface area contributed by atoms with Gasteiger partial charge in [-0.3, -0.25) is 14.5 Å². The molecular weight excluding hydrogens is 521 g/mol. The van der Waals surface area contributed by atoms with Crippen molar-refractivity contribution in [2.45, 2.75) is 31.5 Å². The first-order valence-electron chi connectivity index (χ1n) is 10.7. The fourth-order valence-electron chi connectivity index (χ4n) is 3.77. The molecule has 0 aromatic heterocycles. The highest BCUT2D eigenvalue weighted by Gasteiger charge is 2.29. The number of carbonyl (C=O) groups is 2. The molecule has 1 heterocycles.